The average Bonchev–Trinajstić information content (AvgIpc) is 3.58. The molecule has 176 valence electrons. The Morgan fingerprint density at radius 3 is 2.27 bits per heavy atom. The van der Waals surface area contributed by atoms with Gasteiger partial charge in [-0.3, -0.25) is 19.5 Å². The number of imide groups is 1. The number of hydrogen-bond donors (Lipinski definition) is 2. The second-order valence-electron chi connectivity index (χ2n) is 9.03. The number of allylic oxidation sites excluding steroid dienone is 2. The largest absolute Gasteiger partial charge is 0.356 e. The maximum Gasteiger partial charge on any atom is 0.233 e. The van der Waals surface area contributed by atoms with Crippen molar-refractivity contribution in [2.24, 2.45) is 28.7 Å². The van der Waals surface area contributed by atoms with Crippen LogP contribution in [-0.2, 0) is 16.1 Å². The lowest BCUT2D eigenvalue weighted by Crippen LogP contribution is -2.40. The van der Waals surface area contributed by atoms with E-state index in [1.54, 1.807) is 7.05 Å². The van der Waals surface area contributed by atoms with Gasteiger partial charge in [0.05, 0.1) is 11.8 Å². The fraction of sp³-hybridized carbons (Fsp3) is 0.480. The van der Waals surface area contributed by atoms with Crippen molar-refractivity contribution in [2.75, 3.05) is 26.7 Å². The van der Waals surface area contributed by atoms with Crippen molar-refractivity contribution in [3.05, 3.63) is 48.7 Å². The normalized spacial score (nSPS) is 25.6. The zero-order valence-electron chi connectivity index (χ0n) is 18.9. The van der Waals surface area contributed by atoms with Gasteiger partial charge in [-0.05, 0) is 48.6 Å². The van der Waals surface area contributed by atoms with Gasteiger partial charge >= 0.3 is 0 Å². The van der Waals surface area contributed by atoms with Gasteiger partial charge in [-0.25, -0.2) is 0 Å². The van der Waals surface area contributed by atoms with Crippen LogP contribution in [0.4, 0.5) is 0 Å². The highest BCUT2D eigenvalue weighted by Gasteiger charge is 2.58. The minimum Gasteiger partial charge on any atom is -0.356 e. The van der Waals surface area contributed by atoms with Gasteiger partial charge in [-0.15, -0.1) is 24.0 Å². The Kier molecular flexibility index (Phi) is 7.41. The van der Waals surface area contributed by atoms with E-state index in [1.807, 2.05) is 0 Å². The third-order valence-corrected chi connectivity index (χ3v) is 7.18. The van der Waals surface area contributed by atoms with E-state index in [0.29, 0.717) is 13.1 Å². The van der Waals surface area contributed by atoms with E-state index >= 15 is 0 Å². The number of para-hydroxylation sites is 1. The van der Waals surface area contributed by atoms with Crippen LogP contribution < -0.4 is 10.6 Å². The molecule has 2 heterocycles. The number of aromatic nitrogens is 1. The molecule has 1 aliphatic heterocycles. The number of rotatable bonds is 8. The smallest absolute Gasteiger partial charge is 0.233 e. The van der Waals surface area contributed by atoms with Crippen LogP contribution in [0.5, 0.6) is 0 Å². The van der Waals surface area contributed by atoms with E-state index in [1.165, 1.54) is 15.8 Å². The molecule has 2 N–H and O–H groups in total. The highest BCUT2D eigenvalue weighted by atomic mass is 127. The number of halogens is 1. The SMILES string of the molecule is CN=C(NCCCN1C(=O)C2C3C=CC(C3)C2C1=O)NCCCn1ccc2ccccc21.I. The molecule has 1 aromatic carbocycles. The Morgan fingerprint density at radius 1 is 0.970 bits per heavy atom. The third-order valence-electron chi connectivity index (χ3n) is 7.18. The number of nitrogens with one attached hydrogen (secondary N) is 2. The molecule has 2 amide bonds. The molecule has 1 aromatic heterocycles. The number of guanidine groups is 1. The average molecular weight is 561 g/mol. The summed E-state index contributed by atoms with van der Waals surface area (Å²) in [5.74, 6) is 1.18. The summed E-state index contributed by atoms with van der Waals surface area (Å²) in [6.45, 7) is 2.90. The Balaban J connectivity index is 0.00000259. The molecule has 4 atom stereocenters. The summed E-state index contributed by atoms with van der Waals surface area (Å²) in [6, 6.07) is 10.6. The summed E-state index contributed by atoms with van der Waals surface area (Å²) >= 11 is 0. The Hall–Kier alpha value is -2.36. The maximum atomic E-state index is 12.7. The molecule has 5 rings (SSSR count). The monoisotopic (exact) mass is 561 g/mol. The van der Waals surface area contributed by atoms with E-state index in [4.69, 9.17) is 0 Å². The van der Waals surface area contributed by atoms with Crippen LogP contribution >= 0.6 is 24.0 Å². The molecular formula is C25H32IN5O2. The summed E-state index contributed by atoms with van der Waals surface area (Å²) in [5.41, 5.74) is 1.26. The van der Waals surface area contributed by atoms with E-state index in [9.17, 15) is 9.59 Å². The van der Waals surface area contributed by atoms with Crippen molar-refractivity contribution in [1.29, 1.82) is 0 Å². The first-order valence-corrected chi connectivity index (χ1v) is 11.7. The van der Waals surface area contributed by atoms with Crippen molar-refractivity contribution >= 4 is 52.7 Å². The summed E-state index contributed by atoms with van der Waals surface area (Å²) < 4.78 is 2.27. The van der Waals surface area contributed by atoms with Gasteiger partial charge in [0.25, 0.3) is 0 Å². The molecule has 8 heteroatoms. The minimum atomic E-state index is -0.0997. The van der Waals surface area contributed by atoms with Gasteiger partial charge in [0.2, 0.25) is 11.8 Å². The first-order valence-electron chi connectivity index (χ1n) is 11.7. The number of benzene rings is 1. The van der Waals surface area contributed by atoms with Crippen molar-refractivity contribution in [3.63, 3.8) is 0 Å². The van der Waals surface area contributed by atoms with E-state index in [2.05, 4.69) is 68.9 Å². The van der Waals surface area contributed by atoms with Gasteiger partial charge in [0.1, 0.15) is 0 Å². The van der Waals surface area contributed by atoms with Gasteiger partial charge in [-0.1, -0.05) is 30.4 Å². The number of likely N-dealkylation sites (tertiary alicyclic amines) is 1. The van der Waals surface area contributed by atoms with Crippen molar-refractivity contribution < 1.29 is 9.59 Å². The number of amides is 2. The second kappa shape index (κ2) is 10.3. The van der Waals surface area contributed by atoms with Gasteiger partial charge in [0.15, 0.2) is 5.96 Å². The molecule has 0 spiro atoms. The van der Waals surface area contributed by atoms with Crippen molar-refractivity contribution in [2.45, 2.75) is 25.8 Å². The Labute approximate surface area is 211 Å². The van der Waals surface area contributed by atoms with Crippen LogP contribution in [0.1, 0.15) is 19.3 Å². The van der Waals surface area contributed by atoms with E-state index in [-0.39, 0.29) is 59.5 Å². The van der Waals surface area contributed by atoms with Crippen LogP contribution in [0.15, 0.2) is 53.7 Å². The molecule has 33 heavy (non-hydrogen) atoms. The molecule has 2 fully saturated rings. The van der Waals surface area contributed by atoms with Crippen LogP contribution in [0.2, 0.25) is 0 Å². The highest BCUT2D eigenvalue weighted by molar-refractivity contribution is 14.0. The quantitative estimate of drug-likeness (QED) is 0.130. The molecule has 2 bridgehead atoms. The number of aliphatic imine (C=N–C) groups is 1. The Morgan fingerprint density at radius 2 is 1.61 bits per heavy atom. The van der Waals surface area contributed by atoms with Crippen molar-refractivity contribution in [3.8, 4) is 0 Å². The molecule has 3 aliphatic rings. The standard InChI is InChI=1S/C25H31N5O2.HI/c1-26-25(27-11-4-13-29-15-10-17-6-2-3-7-20(17)29)28-12-5-14-30-23(31)21-18-8-9-19(16-18)22(21)24(30)32;/h2-3,6-10,15,18-19,21-22H,4-5,11-14,16H2,1H3,(H2,26,27,28);1H. The summed E-state index contributed by atoms with van der Waals surface area (Å²) in [7, 11) is 1.76. The fourth-order valence-electron chi connectivity index (χ4n) is 5.64. The number of carbonyl (C=O) groups is 2. The van der Waals surface area contributed by atoms with Crippen LogP contribution in [-0.4, -0.2) is 53.9 Å². The third kappa shape index (κ3) is 4.54. The molecule has 7 nitrogen and oxygen atoms in total. The number of aryl methyl sites for hydroxylation is 1. The number of fused-ring (bicyclic) bond motifs is 6. The number of hydrogen-bond acceptors (Lipinski definition) is 3. The summed E-state index contributed by atoms with van der Waals surface area (Å²) in [6.07, 6.45) is 9.08. The maximum absolute atomic E-state index is 12.7. The lowest BCUT2D eigenvalue weighted by atomic mass is 9.85. The van der Waals surface area contributed by atoms with Gasteiger partial charge in [0, 0.05) is 44.9 Å². The molecule has 2 aliphatic carbocycles. The molecular weight excluding hydrogens is 529 g/mol. The minimum absolute atomic E-state index is 0. The first-order chi connectivity index (χ1) is 15.7. The summed E-state index contributed by atoms with van der Waals surface area (Å²) in [5, 5.41) is 7.91. The molecule has 0 radical (unpaired) electrons. The lowest BCUT2D eigenvalue weighted by Gasteiger charge is -2.18. The van der Waals surface area contributed by atoms with E-state index < -0.39 is 0 Å². The zero-order valence-corrected chi connectivity index (χ0v) is 21.3. The first kappa shape index (κ1) is 23.8. The zero-order chi connectivity index (χ0) is 22.1. The molecule has 1 saturated carbocycles. The predicted molar refractivity (Wildman–Crippen MR) is 140 cm³/mol. The highest BCUT2D eigenvalue weighted by Crippen LogP contribution is 2.52. The molecule has 1 saturated heterocycles. The second-order valence-corrected chi connectivity index (χ2v) is 9.03. The van der Waals surface area contributed by atoms with Crippen molar-refractivity contribution in [1.82, 2.24) is 20.1 Å². The van der Waals surface area contributed by atoms with Gasteiger partial charge < -0.3 is 15.2 Å². The predicted octanol–water partition coefficient (Wildman–Crippen LogP) is 3.01. The van der Waals surface area contributed by atoms with Crippen LogP contribution in [0.25, 0.3) is 10.9 Å². The van der Waals surface area contributed by atoms with Gasteiger partial charge in [-0.2, -0.15) is 0 Å². The molecule has 4 unspecified atom stereocenters. The Bertz CT molecular complexity index is 1050. The van der Waals surface area contributed by atoms with Crippen LogP contribution in [0.3, 0.4) is 0 Å². The summed E-state index contributed by atoms with van der Waals surface area (Å²) in [4.78, 5) is 31.3. The number of carbonyl (C=O) groups excluding carboxylic acids is 2. The molecule has 2 aromatic rings. The number of nitrogens with zero attached hydrogens (tertiary/aromatic N) is 3. The lowest BCUT2D eigenvalue weighted by molar-refractivity contribution is -0.140. The van der Waals surface area contributed by atoms with Crippen LogP contribution in [0, 0.1) is 23.7 Å². The van der Waals surface area contributed by atoms with E-state index in [0.717, 1.165) is 38.3 Å². The fourth-order valence-corrected chi connectivity index (χ4v) is 5.64. The topological polar surface area (TPSA) is 78.7 Å².